The third-order valence-electron chi connectivity index (χ3n) is 4.42. The highest BCUT2D eigenvalue weighted by atomic mass is 15.3. The minimum atomic E-state index is 0.423. The number of rotatable bonds is 4. The van der Waals surface area contributed by atoms with Crippen molar-refractivity contribution in [3.8, 4) is 0 Å². The maximum atomic E-state index is 4.46. The Bertz CT molecular complexity index is 373. The second-order valence-electron chi connectivity index (χ2n) is 7.45. The molecule has 1 N–H and O–H groups in total. The van der Waals surface area contributed by atoms with Gasteiger partial charge in [-0.2, -0.15) is 0 Å². The molecule has 4 heteroatoms. The Morgan fingerprint density at radius 1 is 1.29 bits per heavy atom. The molecule has 0 aromatic heterocycles. The molecule has 0 aromatic carbocycles. The molecule has 1 atom stereocenters. The number of aliphatic imine (C=N–C) groups is 1. The summed E-state index contributed by atoms with van der Waals surface area (Å²) in [4.78, 5) is 9.44. The molecule has 0 spiro atoms. The SMILES string of the molecule is CN=C(NCCCC(C)(C)C)N1CCC(N2CC=CC2)C1. The van der Waals surface area contributed by atoms with E-state index in [0.29, 0.717) is 11.5 Å². The van der Waals surface area contributed by atoms with Crippen LogP contribution in [-0.2, 0) is 0 Å². The first-order valence-electron chi connectivity index (χ1n) is 8.34. The van der Waals surface area contributed by atoms with Crippen LogP contribution >= 0.6 is 0 Å². The lowest BCUT2D eigenvalue weighted by molar-refractivity contribution is 0.259. The normalized spacial score (nSPS) is 24.1. The molecule has 0 aromatic rings. The lowest BCUT2D eigenvalue weighted by Crippen LogP contribution is -2.43. The number of hydrogen-bond acceptors (Lipinski definition) is 2. The van der Waals surface area contributed by atoms with Crippen molar-refractivity contribution in [2.75, 3.05) is 39.8 Å². The molecule has 2 aliphatic rings. The predicted octanol–water partition coefficient (Wildman–Crippen LogP) is 2.33. The van der Waals surface area contributed by atoms with Crippen molar-refractivity contribution in [2.45, 2.75) is 46.1 Å². The molecule has 0 aliphatic carbocycles. The van der Waals surface area contributed by atoms with E-state index in [1.807, 2.05) is 7.05 Å². The zero-order valence-electron chi connectivity index (χ0n) is 14.2. The summed E-state index contributed by atoms with van der Waals surface area (Å²) in [5.41, 5.74) is 0.423. The van der Waals surface area contributed by atoms with E-state index >= 15 is 0 Å². The molecule has 0 radical (unpaired) electrons. The van der Waals surface area contributed by atoms with Gasteiger partial charge in [0.2, 0.25) is 0 Å². The summed E-state index contributed by atoms with van der Waals surface area (Å²) in [5, 5.41) is 3.54. The van der Waals surface area contributed by atoms with Crippen LogP contribution in [0.2, 0.25) is 0 Å². The van der Waals surface area contributed by atoms with Gasteiger partial charge in [0, 0.05) is 45.8 Å². The number of nitrogens with zero attached hydrogens (tertiary/aromatic N) is 3. The smallest absolute Gasteiger partial charge is 0.193 e. The van der Waals surface area contributed by atoms with Gasteiger partial charge in [0.25, 0.3) is 0 Å². The molecule has 21 heavy (non-hydrogen) atoms. The van der Waals surface area contributed by atoms with Crippen LogP contribution < -0.4 is 5.32 Å². The highest BCUT2D eigenvalue weighted by Gasteiger charge is 2.29. The summed E-state index contributed by atoms with van der Waals surface area (Å²) in [7, 11) is 1.90. The summed E-state index contributed by atoms with van der Waals surface area (Å²) < 4.78 is 0. The Labute approximate surface area is 130 Å². The lowest BCUT2D eigenvalue weighted by Gasteiger charge is -2.26. The number of hydrogen-bond donors (Lipinski definition) is 1. The third-order valence-corrected chi connectivity index (χ3v) is 4.42. The van der Waals surface area contributed by atoms with Crippen LogP contribution in [0.25, 0.3) is 0 Å². The Morgan fingerprint density at radius 3 is 2.62 bits per heavy atom. The molecule has 1 unspecified atom stereocenters. The van der Waals surface area contributed by atoms with Crippen LogP contribution in [0.5, 0.6) is 0 Å². The van der Waals surface area contributed by atoms with E-state index in [9.17, 15) is 0 Å². The summed E-state index contributed by atoms with van der Waals surface area (Å²) in [6.07, 6.45) is 8.27. The van der Waals surface area contributed by atoms with Crippen molar-refractivity contribution in [3.05, 3.63) is 12.2 Å². The van der Waals surface area contributed by atoms with Crippen molar-refractivity contribution >= 4 is 5.96 Å². The molecule has 2 rings (SSSR count). The van der Waals surface area contributed by atoms with Crippen LogP contribution in [0.15, 0.2) is 17.1 Å². The zero-order valence-corrected chi connectivity index (χ0v) is 14.2. The Morgan fingerprint density at radius 2 is 2.00 bits per heavy atom. The van der Waals surface area contributed by atoms with Gasteiger partial charge in [-0.05, 0) is 24.7 Å². The highest BCUT2D eigenvalue weighted by molar-refractivity contribution is 5.80. The number of guanidine groups is 1. The quantitative estimate of drug-likeness (QED) is 0.373. The molecule has 1 saturated heterocycles. The topological polar surface area (TPSA) is 30.9 Å². The fraction of sp³-hybridized carbons (Fsp3) is 0.824. The van der Waals surface area contributed by atoms with Crippen LogP contribution in [0, 0.1) is 5.41 Å². The van der Waals surface area contributed by atoms with Gasteiger partial charge in [0.1, 0.15) is 0 Å². The number of nitrogens with one attached hydrogen (secondary N) is 1. The molecule has 1 fully saturated rings. The fourth-order valence-electron chi connectivity index (χ4n) is 3.18. The van der Waals surface area contributed by atoms with Gasteiger partial charge in [-0.3, -0.25) is 9.89 Å². The van der Waals surface area contributed by atoms with Crippen molar-refractivity contribution in [1.29, 1.82) is 0 Å². The second kappa shape index (κ2) is 7.30. The Balaban J connectivity index is 1.72. The highest BCUT2D eigenvalue weighted by Crippen LogP contribution is 2.20. The van der Waals surface area contributed by atoms with Crippen LogP contribution in [-0.4, -0.2) is 61.6 Å². The van der Waals surface area contributed by atoms with Gasteiger partial charge in [-0.25, -0.2) is 0 Å². The van der Waals surface area contributed by atoms with Crippen LogP contribution in [0.4, 0.5) is 0 Å². The second-order valence-corrected chi connectivity index (χ2v) is 7.45. The molecular formula is C17H32N4. The van der Waals surface area contributed by atoms with Crippen molar-refractivity contribution in [2.24, 2.45) is 10.4 Å². The first-order valence-corrected chi connectivity index (χ1v) is 8.34. The van der Waals surface area contributed by atoms with Gasteiger partial charge in [-0.15, -0.1) is 0 Å². The molecule has 0 amide bonds. The van der Waals surface area contributed by atoms with Gasteiger partial charge in [0.05, 0.1) is 0 Å². The average Bonchev–Trinajstić information content (AvgIpc) is 3.08. The van der Waals surface area contributed by atoms with E-state index in [1.165, 1.54) is 19.3 Å². The maximum absolute atomic E-state index is 4.46. The minimum absolute atomic E-state index is 0.423. The summed E-state index contributed by atoms with van der Waals surface area (Å²) in [6.45, 7) is 12.4. The molecule has 0 bridgehead atoms. The average molecular weight is 292 g/mol. The van der Waals surface area contributed by atoms with E-state index in [0.717, 1.165) is 38.7 Å². The largest absolute Gasteiger partial charge is 0.356 e. The van der Waals surface area contributed by atoms with E-state index in [4.69, 9.17) is 0 Å². The molecule has 0 saturated carbocycles. The molecule has 4 nitrogen and oxygen atoms in total. The summed E-state index contributed by atoms with van der Waals surface area (Å²) >= 11 is 0. The van der Waals surface area contributed by atoms with Gasteiger partial charge < -0.3 is 10.2 Å². The fourth-order valence-corrected chi connectivity index (χ4v) is 3.18. The molecular weight excluding hydrogens is 260 g/mol. The van der Waals surface area contributed by atoms with Gasteiger partial charge in [0.15, 0.2) is 5.96 Å². The van der Waals surface area contributed by atoms with E-state index in [2.05, 4.69) is 53.0 Å². The standard InChI is InChI=1S/C17H32N4/c1-17(2,3)9-7-10-19-16(18-4)21-13-8-15(14-21)20-11-5-6-12-20/h5-6,15H,7-14H2,1-4H3,(H,18,19). The van der Waals surface area contributed by atoms with Crippen LogP contribution in [0.1, 0.15) is 40.0 Å². The lowest BCUT2D eigenvalue weighted by atomic mass is 9.91. The van der Waals surface area contributed by atoms with E-state index in [-0.39, 0.29) is 0 Å². The van der Waals surface area contributed by atoms with Gasteiger partial charge >= 0.3 is 0 Å². The van der Waals surface area contributed by atoms with E-state index in [1.54, 1.807) is 0 Å². The van der Waals surface area contributed by atoms with Crippen molar-refractivity contribution in [3.63, 3.8) is 0 Å². The molecule has 2 aliphatic heterocycles. The van der Waals surface area contributed by atoms with Gasteiger partial charge in [-0.1, -0.05) is 32.9 Å². The monoisotopic (exact) mass is 292 g/mol. The van der Waals surface area contributed by atoms with Crippen molar-refractivity contribution in [1.82, 2.24) is 15.1 Å². The third kappa shape index (κ3) is 5.03. The number of likely N-dealkylation sites (tertiary alicyclic amines) is 1. The van der Waals surface area contributed by atoms with Crippen molar-refractivity contribution < 1.29 is 0 Å². The minimum Gasteiger partial charge on any atom is -0.356 e. The predicted molar refractivity (Wildman–Crippen MR) is 90.7 cm³/mol. The first-order chi connectivity index (χ1) is 9.99. The van der Waals surface area contributed by atoms with E-state index < -0.39 is 0 Å². The summed E-state index contributed by atoms with van der Waals surface area (Å²) in [5.74, 6) is 1.08. The zero-order chi connectivity index (χ0) is 15.3. The first kappa shape index (κ1) is 16.3. The Hall–Kier alpha value is -1.03. The summed E-state index contributed by atoms with van der Waals surface area (Å²) in [6, 6.07) is 0.688. The maximum Gasteiger partial charge on any atom is 0.193 e. The van der Waals surface area contributed by atoms with Crippen LogP contribution in [0.3, 0.4) is 0 Å². The molecule has 120 valence electrons. The Kier molecular flexibility index (Phi) is 5.68. The molecule has 2 heterocycles.